The Bertz CT molecular complexity index is 456. The number of nitrogens with one attached hydrogen (secondary N) is 1. The molecule has 0 spiro atoms. The zero-order chi connectivity index (χ0) is 13.3. The monoisotopic (exact) mass is 323 g/mol. The van der Waals surface area contributed by atoms with Crippen LogP contribution in [0.25, 0.3) is 0 Å². The molecule has 0 radical (unpaired) electrons. The summed E-state index contributed by atoms with van der Waals surface area (Å²) in [5.41, 5.74) is 3.55. The SMILES string of the molecule is COCCC1(CNC2CCc3cc(Br)ccc32)CC1. The van der Waals surface area contributed by atoms with Gasteiger partial charge >= 0.3 is 0 Å². The summed E-state index contributed by atoms with van der Waals surface area (Å²) in [6.07, 6.45) is 6.38. The third kappa shape index (κ3) is 3.04. The minimum absolute atomic E-state index is 0.536. The van der Waals surface area contributed by atoms with Gasteiger partial charge in [0, 0.05) is 30.8 Å². The lowest BCUT2D eigenvalue weighted by molar-refractivity contribution is 0.170. The molecular weight excluding hydrogens is 302 g/mol. The molecular formula is C16H22BrNO. The minimum Gasteiger partial charge on any atom is -0.385 e. The van der Waals surface area contributed by atoms with Crippen molar-refractivity contribution in [3.05, 3.63) is 33.8 Å². The van der Waals surface area contributed by atoms with Crippen LogP contribution in [0.3, 0.4) is 0 Å². The molecule has 0 amide bonds. The maximum atomic E-state index is 5.23. The number of hydrogen-bond donors (Lipinski definition) is 1. The Balaban J connectivity index is 1.58. The zero-order valence-corrected chi connectivity index (χ0v) is 13.1. The first-order valence-corrected chi connectivity index (χ1v) is 8.02. The number of ether oxygens (including phenoxy) is 1. The van der Waals surface area contributed by atoms with E-state index in [0.717, 1.165) is 13.2 Å². The van der Waals surface area contributed by atoms with Gasteiger partial charge in [0.25, 0.3) is 0 Å². The van der Waals surface area contributed by atoms with Gasteiger partial charge in [-0.05, 0) is 60.8 Å². The Labute approximate surface area is 124 Å². The molecule has 1 atom stereocenters. The Kier molecular flexibility index (Phi) is 3.97. The number of aryl methyl sites for hydroxylation is 1. The summed E-state index contributed by atoms with van der Waals surface area (Å²) in [6.45, 7) is 2.05. The first-order chi connectivity index (χ1) is 9.22. The predicted molar refractivity (Wildman–Crippen MR) is 81.4 cm³/mol. The summed E-state index contributed by atoms with van der Waals surface area (Å²) in [5, 5.41) is 3.80. The zero-order valence-electron chi connectivity index (χ0n) is 11.5. The van der Waals surface area contributed by atoms with Gasteiger partial charge in [0.05, 0.1) is 0 Å². The molecule has 1 aromatic rings. The highest BCUT2D eigenvalue weighted by molar-refractivity contribution is 9.10. The third-order valence-electron chi connectivity index (χ3n) is 4.70. The lowest BCUT2D eigenvalue weighted by Crippen LogP contribution is -2.28. The van der Waals surface area contributed by atoms with Gasteiger partial charge in [-0.1, -0.05) is 22.0 Å². The average Bonchev–Trinajstić information content (AvgIpc) is 3.08. The van der Waals surface area contributed by atoms with Crippen molar-refractivity contribution in [3.63, 3.8) is 0 Å². The predicted octanol–water partition coefficient (Wildman–Crippen LogP) is 3.84. The molecule has 2 nitrogen and oxygen atoms in total. The second-order valence-electron chi connectivity index (χ2n) is 6.06. The molecule has 2 aliphatic carbocycles. The summed E-state index contributed by atoms with van der Waals surface area (Å²) < 4.78 is 6.43. The van der Waals surface area contributed by atoms with Crippen molar-refractivity contribution in [2.24, 2.45) is 5.41 Å². The summed E-state index contributed by atoms with van der Waals surface area (Å²) in [7, 11) is 1.80. The molecule has 2 aliphatic rings. The van der Waals surface area contributed by atoms with E-state index in [-0.39, 0.29) is 0 Å². The molecule has 1 aromatic carbocycles. The number of methoxy groups -OCH3 is 1. The highest BCUT2D eigenvalue weighted by atomic mass is 79.9. The maximum Gasteiger partial charge on any atom is 0.0468 e. The van der Waals surface area contributed by atoms with E-state index in [1.54, 1.807) is 7.11 Å². The van der Waals surface area contributed by atoms with Crippen molar-refractivity contribution in [2.45, 2.75) is 38.1 Å². The molecule has 3 heteroatoms. The van der Waals surface area contributed by atoms with Crippen LogP contribution in [0.4, 0.5) is 0 Å². The summed E-state index contributed by atoms with van der Waals surface area (Å²) in [6, 6.07) is 7.27. The molecule has 0 saturated heterocycles. The van der Waals surface area contributed by atoms with Crippen molar-refractivity contribution in [3.8, 4) is 0 Å². The molecule has 0 aliphatic heterocycles. The number of hydrogen-bond acceptors (Lipinski definition) is 2. The lowest BCUT2D eigenvalue weighted by atomic mass is 10.0. The quantitative estimate of drug-likeness (QED) is 0.858. The number of fused-ring (bicyclic) bond motifs is 1. The summed E-state index contributed by atoms with van der Waals surface area (Å²) >= 11 is 3.56. The van der Waals surface area contributed by atoms with E-state index >= 15 is 0 Å². The van der Waals surface area contributed by atoms with Crippen LogP contribution in [-0.4, -0.2) is 20.3 Å². The first-order valence-electron chi connectivity index (χ1n) is 7.23. The molecule has 3 rings (SSSR count). The van der Waals surface area contributed by atoms with E-state index in [9.17, 15) is 0 Å². The molecule has 1 fully saturated rings. The Hall–Kier alpha value is -0.380. The second kappa shape index (κ2) is 5.55. The van der Waals surface area contributed by atoms with Crippen LogP contribution in [0.1, 0.15) is 42.9 Å². The van der Waals surface area contributed by atoms with Crippen molar-refractivity contribution in [1.82, 2.24) is 5.32 Å². The second-order valence-corrected chi connectivity index (χ2v) is 6.97. The van der Waals surface area contributed by atoms with E-state index in [1.165, 1.54) is 47.7 Å². The van der Waals surface area contributed by atoms with Gasteiger partial charge in [-0.25, -0.2) is 0 Å². The standard InChI is InChI=1S/C16H22BrNO/c1-19-9-8-16(6-7-16)11-18-15-5-2-12-10-13(17)3-4-14(12)15/h3-4,10,15,18H,2,5-9,11H2,1H3. The number of halogens is 1. The maximum absolute atomic E-state index is 5.23. The van der Waals surface area contributed by atoms with Gasteiger partial charge < -0.3 is 10.1 Å². The van der Waals surface area contributed by atoms with Crippen molar-refractivity contribution in [1.29, 1.82) is 0 Å². The molecule has 1 saturated carbocycles. The molecule has 1 N–H and O–H groups in total. The minimum atomic E-state index is 0.536. The first kappa shape index (κ1) is 13.6. The van der Waals surface area contributed by atoms with Crippen molar-refractivity contribution >= 4 is 15.9 Å². The third-order valence-corrected chi connectivity index (χ3v) is 5.19. The summed E-state index contributed by atoms with van der Waals surface area (Å²) in [4.78, 5) is 0. The van der Waals surface area contributed by atoms with Gasteiger partial charge in [0.1, 0.15) is 0 Å². The van der Waals surface area contributed by atoms with Crippen LogP contribution >= 0.6 is 15.9 Å². The number of benzene rings is 1. The molecule has 0 heterocycles. The highest BCUT2D eigenvalue weighted by Gasteiger charge is 2.42. The molecule has 0 aromatic heterocycles. The number of rotatable bonds is 6. The van der Waals surface area contributed by atoms with E-state index in [2.05, 4.69) is 39.4 Å². The van der Waals surface area contributed by atoms with Crippen LogP contribution in [0.5, 0.6) is 0 Å². The Morgan fingerprint density at radius 2 is 2.26 bits per heavy atom. The van der Waals surface area contributed by atoms with Crippen LogP contribution < -0.4 is 5.32 Å². The average molecular weight is 324 g/mol. The fourth-order valence-electron chi connectivity index (χ4n) is 3.15. The summed E-state index contributed by atoms with van der Waals surface area (Å²) in [5.74, 6) is 0. The van der Waals surface area contributed by atoms with Crippen molar-refractivity contribution < 1.29 is 4.74 Å². The molecule has 104 valence electrons. The van der Waals surface area contributed by atoms with Crippen LogP contribution in [0, 0.1) is 5.41 Å². The van der Waals surface area contributed by atoms with Gasteiger partial charge in [-0.2, -0.15) is 0 Å². The highest BCUT2D eigenvalue weighted by Crippen LogP contribution is 2.48. The van der Waals surface area contributed by atoms with Gasteiger partial charge in [-0.3, -0.25) is 0 Å². The fraction of sp³-hybridized carbons (Fsp3) is 0.625. The largest absolute Gasteiger partial charge is 0.385 e. The van der Waals surface area contributed by atoms with Gasteiger partial charge in [0.2, 0.25) is 0 Å². The van der Waals surface area contributed by atoms with Crippen LogP contribution in [0.15, 0.2) is 22.7 Å². The van der Waals surface area contributed by atoms with Gasteiger partial charge in [0.15, 0.2) is 0 Å². The van der Waals surface area contributed by atoms with Crippen LogP contribution in [-0.2, 0) is 11.2 Å². The van der Waals surface area contributed by atoms with Crippen molar-refractivity contribution in [2.75, 3.05) is 20.3 Å². The molecule has 19 heavy (non-hydrogen) atoms. The Morgan fingerprint density at radius 1 is 1.42 bits per heavy atom. The van der Waals surface area contributed by atoms with Crippen LogP contribution in [0.2, 0.25) is 0 Å². The Morgan fingerprint density at radius 3 is 3.00 bits per heavy atom. The van der Waals surface area contributed by atoms with E-state index < -0.39 is 0 Å². The smallest absolute Gasteiger partial charge is 0.0468 e. The fourth-order valence-corrected chi connectivity index (χ4v) is 3.56. The van der Waals surface area contributed by atoms with E-state index in [0.29, 0.717) is 11.5 Å². The topological polar surface area (TPSA) is 21.3 Å². The van der Waals surface area contributed by atoms with Gasteiger partial charge in [-0.15, -0.1) is 0 Å². The van der Waals surface area contributed by atoms with E-state index in [1.807, 2.05) is 0 Å². The lowest BCUT2D eigenvalue weighted by Gasteiger charge is -2.20. The molecule has 0 bridgehead atoms. The normalized spacial score (nSPS) is 23.4. The molecule has 1 unspecified atom stereocenters. The van der Waals surface area contributed by atoms with E-state index in [4.69, 9.17) is 4.74 Å².